The van der Waals surface area contributed by atoms with Gasteiger partial charge in [-0.1, -0.05) is 18.2 Å². The molecule has 2 rings (SSSR count). The summed E-state index contributed by atoms with van der Waals surface area (Å²) in [5, 5.41) is 15.4. The van der Waals surface area contributed by atoms with E-state index in [1.807, 2.05) is 32.0 Å². The predicted molar refractivity (Wildman–Crippen MR) is 128 cm³/mol. The average molecular weight is 531 g/mol. The molecule has 0 aliphatic heterocycles. The number of aliphatic hydroxyl groups is 1. The van der Waals surface area contributed by atoms with Gasteiger partial charge in [0.25, 0.3) is 0 Å². The van der Waals surface area contributed by atoms with Crippen LogP contribution in [-0.4, -0.2) is 37.9 Å². The van der Waals surface area contributed by atoms with E-state index in [0.717, 1.165) is 11.1 Å². The number of hydrogen-bond acceptors (Lipinski definition) is 4. The summed E-state index contributed by atoms with van der Waals surface area (Å²) < 4.78 is 24.7. The quantitative estimate of drug-likeness (QED) is 0.260. The number of hydrogen-bond donors (Lipinski definition) is 3. The van der Waals surface area contributed by atoms with Gasteiger partial charge in [-0.25, -0.2) is 9.38 Å². The van der Waals surface area contributed by atoms with Crippen LogP contribution in [0.15, 0.2) is 41.4 Å². The van der Waals surface area contributed by atoms with Gasteiger partial charge in [0.05, 0.1) is 26.3 Å². The zero-order chi connectivity index (χ0) is 21.2. The van der Waals surface area contributed by atoms with Crippen LogP contribution in [0, 0.1) is 12.7 Å². The molecule has 0 bridgehead atoms. The third-order valence-electron chi connectivity index (χ3n) is 4.39. The fraction of sp³-hybridized carbons (Fsp3) is 0.409. The van der Waals surface area contributed by atoms with Crippen LogP contribution in [0.25, 0.3) is 0 Å². The van der Waals surface area contributed by atoms with Crippen LogP contribution >= 0.6 is 24.0 Å². The zero-order valence-corrected chi connectivity index (χ0v) is 20.2. The lowest BCUT2D eigenvalue weighted by molar-refractivity contribution is 0.196. The van der Waals surface area contributed by atoms with E-state index >= 15 is 0 Å². The van der Waals surface area contributed by atoms with Gasteiger partial charge in [-0.2, -0.15) is 0 Å². The Morgan fingerprint density at radius 2 is 1.97 bits per heavy atom. The molecule has 1 unspecified atom stereocenters. The van der Waals surface area contributed by atoms with Crippen molar-refractivity contribution in [1.29, 1.82) is 0 Å². The van der Waals surface area contributed by atoms with Crippen molar-refractivity contribution in [2.24, 2.45) is 4.99 Å². The minimum absolute atomic E-state index is 0. The lowest BCUT2D eigenvalue weighted by Crippen LogP contribution is -2.38. The van der Waals surface area contributed by atoms with Gasteiger partial charge in [0.15, 0.2) is 17.5 Å². The number of aliphatic hydroxyl groups excluding tert-OH is 1. The first-order valence-corrected chi connectivity index (χ1v) is 9.70. The fourth-order valence-electron chi connectivity index (χ4n) is 2.74. The van der Waals surface area contributed by atoms with Gasteiger partial charge in [0.2, 0.25) is 0 Å². The number of methoxy groups -OCH3 is 1. The average Bonchev–Trinajstić information content (AvgIpc) is 2.72. The van der Waals surface area contributed by atoms with Crippen LogP contribution in [0.3, 0.4) is 0 Å². The largest absolute Gasteiger partial charge is 0.493 e. The van der Waals surface area contributed by atoms with E-state index in [0.29, 0.717) is 36.1 Å². The highest BCUT2D eigenvalue weighted by Gasteiger charge is 2.10. The Balaban J connectivity index is 0.00000450. The molecular weight excluding hydrogens is 500 g/mol. The van der Waals surface area contributed by atoms with Crippen molar-refractivity contribution < 1.29 is 19.0 Å². The smallest absolute Gasteiger partial charge is 0.192 e. The van der Waals surface area contributed by atoms with Gasteiger partial charge < -0.3 is 25.2 Å². The molecule has 0 aliphatic carbocycles. The molecule has 0 heterocycles. The summed E-state index contributed by atoms with van der Waals surface area (Å²) in [5.41, 5.74) is 2.43. The van der Waals surface area contributed by atoms with E-state index in [-0.39, 0.29) is 49.0 Å². The Hall–Kier alpha value is -2.07. The number of rotatable bonds is 9. The van der Waals surface area contributed by atoms with Crippen LogP contribution < -0.4 is 20.1 Å². The highest BCUT2D eigenvalue weighted by Crippen LogP contribution is 2.28. The van der Waals surface area contributed by atoms with Crippen molar-refractivity contribution in [1.82, 2.24) is 10.6 Å². The summed E-state index contributed by atoms with van der Waals surface area (Å²) in [6, 6.07) is 10.7. The molecule has 0 aromatic heterocycles. The Morgan fingerprint density at radius 3 is 2.60 bits per heavy atom. The first kappa shape index (κ1) is 26.0. The first-order valence-electron chi connectivity index (χ1n) is 9.70. The van der Waals surface area contributed by atoms with Crippen molar-refractivity contribution in [3.05, 3.63) is 58.9 Å². The second-order valence-corrected chi connectivity index (χ2v) is 6.63. The van der Waals surface area contributed by atoms with E-state index in [2.05, 4.69) is 15.6 Å². The molecule has 0 fully saturated rings. The monoisotopic (exact) mass is 531 g/mol. The molecule has 0 saturated carbocycles. The molecule has 0 radical (unpaired) electrons. The van der Waals surface area contributed by atoms with E-state index in [1.165, 1.54) is 0 Å². The molecule has 166 valence electrons. The predicted octanol–water partition coefficient (Wildman–Crippen LogP) is 3.95. The second-order valence-electron chi connectivity index (χ2n) is 6.63. The summed E-state index contributed by atoms with van der Waals surface area (Å²) in [5.74, 6) is 1.59. The molecule has 8 heteroatoms. The van der Waals surface area contributed by atoms with E-state index in [1.54, 1.807) is 32.2 Å². The van der Waals surface area contributed by atoms with Crippen molar-refractivity contribution >= 4 is 29.9 Å². The summed E-state index contributed by atoms with van der Waals surface area (Å²) in [4.78, 5) is 4.62. The Labute approximate surface area is 194 Å². The maximum absolute atomic E-state index is 13.9. The van der Waals surface area contributed by atoms with Gasteiger partial charge in [0.1, 0.15) is 12.4 Å². The fourth-order valence-corrected chi connectivity index (χ4v) is 2.74. The number of halogens is 2. The highest BCUT2D eigenvalue weighted by molar-refractivity contribution is 14.0. The molecule has 0 spiro atoms. The molecule has 0 amide bonds. The van der Waals surface area contributed by atoms with Crippen molar-refractivity contribution in [2.45, 2.75) is 33.4 Å². The first-order chi connectivity index (χ1) is 14.0. The maximum Gasteiger partial charge on any atom is 0.192 e. The SMILES string of the molecule is CCNC(=NCc1ccc(OCCO)c(OC)c1)NC(C)c1ccc(C)c(F)c1.I. The zero-order valence-electron chi connectivity index (χ0n) is 17.9. The Kier molecular flexibility index (Phi) is 11.5. The normalized spacial score (nSPS) is 12.0. The lowest BCUT2D eigenvalue weighted by atomic mass is 10.1. The van der Waals surface area contributed by atoms with Crippen molar-refractivity contribution in [2.75, 3.05) is 26.9 Å². The van der Waals surface area contributed by atoms with E-state index in [4.69, 9.17) is 14.6 Å². The maximum atomic E-state index is 13.9. The molecule has 2 aromatic rings. The third kappa shape index (κ3) is 7.64. The molecule has 0 saturated heterocycles. The number of benzene rings is 2. The lowest BCUT2D eigenvalue weighted by Gasteiger charge is -2.19. The standard InChI is InChI=1S/C22H30FN3O3.HI/c1-5-24-22(26-16(3)18-8-6-15(2)19(23)13-18)25-14-17-7-9-20(29-11-10-27)21(12-17)28-4;/h6-9,12-13,16,27H,5,10-11,14H2,1-4H3,(H2,24,25,26);1H. The Bertz CT molecular complexity index is 833. The highest BCUT2D eigenvalue weighted by atomic mass is 127. The van der Waals surface area contributed by atoms with Crippen LogP contribution in [0.4, 0.5) is 4.39 Å². The van der Waals surface area contributed by atoms with Gasteiger partial charge in [-0.3, -0.25) is 0 Å². The molecule has 1 atom stereocenters. The molecule has 0 aliphatic rings. The molecule has 30 heavy (non-hydrogen) atoms. The second kappa shape index (κ2) is 13.3. The number of ether oxygens (including phenoxy) is 2. The minimum Gasteiger partial charge on any atom is -0.493 e. The molecule has 2 aromatic carbocycles. The summed E-state index contributed by atoms with van der Waals surface area (Å²) in [6.45, 7) is 6.99. The van der Waals surface area contributed by atoms with Crippen LogP contribution in [0.2, 0.25) is 0 Å². The Morgan fingerprint density at radius 1 is 1.20 bits per heavy atom. The molecule has 6 nitrogen and oxygen atoms in total. The van der Waals surface area contributed by atoms with E-state index in [9.17, 15) is 4.39 Å². The number of nitrogens with one attached hydrogen (secondary N) is 2. The van der Waals surface area contributed by atoms with Crippen LogP contribution in [-0.2, 0) is 6.54 Å². The number of aliphatic imine (C=N–C) groups is 1. The summed E-state index contributed by atoms with van der Waals surface area (Å²) >= 11 is 0. The van der Waals surface area contributed by atoms with Gasteiger partial charge in [0, 0.05) is 6.54 Å². The van der Waals surface area contributed by atoms with Crippen LogP contribution in [0.1, 0.15) is 36.6 Å². The van der Waals surface area contributed by atoms with Gasteiger partial charge in [-0.15, -0.1) is 24.0 Å². The van der Waals surface area contributed by atoms with Gasteiger partial charge in [-0.05, 0) is 55.7 Å². The molecular formula is C22H31FIN3O3. The number of aryl methyl sites for hydroxylation is 1. The van der Waals surface area contributed by atoms with Crippen molar-refractivity contribution in [3.8, 4) is 11.5 Å². The topological polar surface area (TPSA) is 75.1 Å². The number of guanidine groups is 1. The van der Waals surface area contributed by atoms with E-state index < -0.39 is 0 Å². The summed E-state index contributed by atoms with van der Waals surface area (Å²) in [7, 11) is 1.57. The third-order valence-corrected chi connectivity index (χ3v) is 4.39. The summed E-state index contributed by atoms with van der Waals surface area (Å²) in [6.07, 6.45) is 0. The minimum atomic E-state index is -0.214. The van der Waals surface area contributed by atoms with Crippen molar-refractivity contribution in [3.63, 3.8) is 0 Å². The van der Waals surface area contributed by atoms with Gasteiger partial charge >= 0.3 is 0 Å². The van der Waals surface area contributed by atoms with Crippen LogP contribution in [0.5, 0.6) is 11.5 Å². The molecule has 3 N–H and O–H groups in total. The number of nitrogens with zero attached hydrogens (tertiary/aromatic N) is 1.